The second-order valence-electron chi connectivity index (χ2n) is 7.07. The van der Waals surface area contributed by atoms with Gasteiger partial charge in [0.25, 0.3) is 0 Å². The molecule has 8 nitrogen and oxygen atoms in total. The van der Waals surface area contributed by atoms with E-state index in [-0.39, 0.29) is 24.2 Å². The third-order valence-electron chi connectivity index (χ3n) is 3.61. The molecule has 1 unspecified atom stereocenters. The van der Waals surface area contributed by atoms with Crippen LogP contribution in [0.15, 0.2) is 0 Å². The lowest BCUT2D eigenvalue weighted by Crippen LogP contribution is -2.65. The number of aliphatic hydroxyl groups is 4. The Morgan fingerprint density at radius 1 is 1.43 bits per heavy atom. The molecule has 1 saturated heterocycles. The zero-order chi connectivity index (χ0) is 18.4. The van der Waals surface area contributed by atoms with Crippen LogP contribution in [0.2, 0.25) is 0 Å². The van der Waals surface area contributed by atoms with Gasteiger partial charge in [0.15, 0.2) is 5.78 Å². The summed E-state index contributed by atoms with van der Waals surface area (Å²) in [7, 11) is 0. The van der Waals surface area contributed by atoms with Crippen molar-refractivity contribution in [1.29, 1.82) is 0 Å². The molecule has 0 aromatic carbocycles. The maximum Gasteiger partial charge on any atom is 0.158 e. The summed E-state index contributed by atoms with van der Waals surface area (Å²) < 4.78 is 5.45. The van der Waals surface area contributed by atoms with Crippen LogP contribution in [0.4, 0.5) is 0 Å². The summed E-state index contributed by atoms with van der Waals surface area (Å²) >= 11 is 0. The number of carbonyl (C=O) groups excluding carboxylic acids is 1. The summed E-state index contributed by atoms with van der Waals surface area (Å²) in [5.41, 5.74) is 8.86. The molecule has 1 heterocycles. The minimum absolute atomic E-state index is 0.0141. The predicted octanol–water partition coefficient (Wildman–Crippen LogP) is -1.52. The van der Waals surface area contributed by atoms with Gasteiger partial charge in [-0.15, -0.1) is 0 Å². The Morgan fingerprint density at radius 2 is 1.96 bits per heavy atom. The fourth-order valence-corrected chi connectivity index (χ4v) is 2.44. The fourth-order valence-electron chi connectivity index (χ4n) is 2.44. The highest BCUT2D eigenvalue weighted by atomic mass is 16.5. The predicted molar refractivity (Wildman–Crippen MR) is 85.3 cm³/mol. The van der Waals surface area contributed by atoms with E-state index in [1.165, 1.54) is 6.92 Å². The van der Waals surface area contributed by atoms with E-state index in [0.29, 0.717) is 13.0 Å². The van der Waals surface area contributed by atoms with E-state index < -0.39 is 30.1 Å². The Balaban J connectivity index is 0.000000515. The van der Waals surface area contributed by atoms with Crippen molar-refractivity contribution in [3.05, 3.63) is 0 Å². The number of aliphatic hydroxyl groups excluding tert-OH is 3. The number of Topliss-reactive ketones (excluding diaryl/α,β-unsaturated/α-hetero) is 1. The first-order valence-corrected chi connectivity index (χ1v) is 7.71. The van der Waals surface area contributed by atoms with Crippen molar-refractivity contribution < 1.29 is 30.0 Å². The van der Waals surface area contributed by atoms with Gasteiger partial charge in [-0.05, 0) is 25.3 Å². The molecule has 1 rings (SSSR count). The monoisotopic (exact) mass is 336 g/mol. The molecular formula is C15H32N2O6. The highest BCUT2D eigenvalue weighted by Gasteiger charge is 2.49. The number of ketones is 1. The lowest BCUT2D eigenvalue weighted by atomic mass is 9.78. The minimum atomic E-state index is -1.55. The normalized spacial score (nSPS) is 32.7. The zero-order valence-corrected chi connectivity index (χ0v) is 14.4. The lowest BCUT2D eigenvalue weighted by Gasteiger charge is -2.48. The van der Waals surface area contributed by atoms with Crippen LogP contribution in [0, 0.1) is 5.41 Å². The van der Waals surface area contributed by atoms with Crippen molar-refractivity contribution >= 4 is 5.78 Å². The molecule has 1 aliphatic heterocycles. The van der Waals surface area contributed by atoms with Gasteiger partial charge in [-0.3, -0.25) is 4.79 Å². The first-order chi connectivity index (χ1) is 10.4. The molecular weight excluding hydrogens is 304 g/mol. The molecule has 0 aromatic rings. The Kier molecular flexibility index (Phi) is 8.79. The molecule has 138 valence electrons. The van der Waals surface area contributed by atoms with Gasteiger partial charge in [0.1, 0.15) is 24.0 Å². The van der Waals surface area contributed by atoms with Crippen LogP contribution in [0.3, 0.4) is 0 Å². The topological polar surface area (TPSA) is 159 Å². The number of rotatable bonds is 4. The maximum atomic E-state index is 10.2. The summed E-state index contributed by atoms with van der Waals surface area (Å²) in [4.78, 5) is 10.2. The Hall–Kier alpha value is -0.610. The van der Waals surface area contributed by atoms with Gasteiger partial charge in [-0.2, -0.15) is 0 Å². The number of hydrogen-bond acceptors (Lipinski definition) is 8. The molecule has 0 aromatic heterocycles. The molecule has 0 amide bonds. The Morgan fingerprint density at radius 3 is 2.26 bits per heavy atom. The molecule has 0 aliphatic carbocycles. The molecule has 0 bridgehead atoms. The van der Waals surface area contributed by atoms with Gasteiger partial charge in [0.2, 0.25) is 0 Å². The van der Waals surface area contributed by atoms with Gasteiger partial charge in [-0.1, -0.05) is 20.8 Å². The zero-order valence-electron chi connectivity index (χ0n) is 14.4. The first-order valence-electron chi connectivity index (χ1n) is 7.71. The minimum Gasteiger partial charge on any atom is -0.394 e. The summed E-state index contributed by atoms with van der Waals surface area (Å²) in [6.45, 7) is 7.11. The summed E-state index contributed by atoms with van der Waals surface area (Å²) in [6, 6.07) is 0. The molecule has 8 heteroatoms. The van der Waals surface area contributed by atoms with E-state index in [2.05, 4.69) is 0 Å². The molecule has 1 aliphatic rings. The van der Waals surface area contributed by atoms with Crippen LogP contribution < -0.4 is 11.5 Å². The van der Waals surface area contributed by atoms with Gasteiger partial charge in [-0.25, -0.2) is 0 Å². The van der Waals surface area contributed by atoms with Crippen LogP contribution in [-0.2, 0) is 9.53 Å². The second kappa shape index (κ2) is 9.03. The Labute approximate surface area is 137 Å². The van der Waals surface area contributed by atoms with Crippen LogP contribution in [0.1, 0.15) is 40.5 Å². The van der Waals surface area contributed by atoms with Crippen molar-refractivity contribution in [3.63, 3.8) is 0 Å². The van der Waals surface area contributed by atoms with Crippen molar-refractivity contribution in [2.75, 3.05) is 13.2 Å². The molecule has 23 heavy (non-hydrogen) atoms. The third kappa shape index (κ3) is 7.21. The van der Waals surface area contributed by atoms with Gasteiger partial charge in [0, 0.05) is 6.42 Å². The first kappa shape index (κ1) is 22.4. The summed E-state index contributed by atoms with van der Waals surface area (Å²) in [5, 5.41) is 37.2. The van der Waals surface area contributed by atoms with E-state index in [0.717, 1.165) is 0 Å². The van der Waals surface area contributed by atoms with E-state index in [4.69, 9.17) is 26.4 Å². The number of carbonyl (C=O) groups is 1. The smallest absolute Gasteiger partial charge is 0.158 e. The lowest BCUT2D eigenvalue weighted by molar-refractivity contribution is -0.247. The van der Waals surface area contributed by atoms with Crippen LogP contribution in [0.25, 0.3) is 0 Å². The van der Waals surface area contributed by atoms with Crippen LogP contribution in [0.5, 0.6) is 0 Å². The van der Waals surface area contributed by atoms with Gasteiger partial charge < -0.3 is 36.6 Å². The number of ether oxygens (including phenoxy) is 1. The largest absolute Gasteiger partial charge is 0.394 e. The molecule has 0 radical (unpaired) electrons. The van der Waals surface area contributed by atoms with Crippen LogP contribution >= 0.6 is 0 Å². The second-order valence-corrected chi connectivity index (χ2v) is 7.07. The average molecular weight is 336 g/mol. The molecule has 0 saturated carbocycles. The van der Waals surface area contributed by atoms with E-state index in [9.17, 15) is 15.0 Å². The Bertz CT molecular complexity index is 369. The SMILES string of the molecule is CC(=O)[C@H](O)CCN.CC(C)(C)C1O[C@H](CO)[C@@H](O)C[C@@]1(N)O. The van der Waals surface area contributed by atoms with Gasteiger partial charge >= 0.3 is 0 Å². The van der Waals surface area contributed by atoms with E-state index in [1.807, 2.05) is 20.8 Å². The maximum absolute atomic E-state index is 10.2. The van der Waals surface area contributed by atoms with Crippen LogP contribution in [-0.4, -0.2) is 69.5 Å². The number of nitrogens with two attached hydrogens (primary N) is 2. The highest BCUT2D eigenvalue weighted by Crippen LogP contribution is 2.36. The summed E-state index contributed by atoms with van der Waals surface area (Å²) in [6.07, 6.45) is -2.66. The third-order valence-corrected chi connectivity index (χ3v) is 3.61. The van der Waals surface area contributed by atoms with Crippen molar-refractivity contribution in [3.8, 4) is 0 Å². The summed E-state index contributed by atoms with van der Waals surface area (Å²) in [5.74, 6) is -0.213. The molecule has 8 N–H and O–H groups in total. The highest BCUT2D eigenvalue weighted by molar-refractivity contribution is 5.80. The standard InChI is InChI=1S/C10H21NO4.C5H11NO2/c1-9(2,3)8-10(11,14)4-6(13)7(5-12)15-8;1-4(7)5(8)2-3-6/h6-8,12-14H,4-5,11H2,1-3H3;5,8H,2-3,6H2,1H3/t6-,7+,8?,10+;5-/m01/s1. The van der Waals surface area contributed by atoms with E-state index in [1.54, 1.807) is 0 Å². The number of hydrogen-bond donors (Lipinski definition) is 6. The van der Waals surface area contributed by atoms with Gasteiger partial charge in [0.05, 0.1) is 12.7 Å². The molecule has 5 atom stereocenters. The van der Waals surface area contributed by atoms with Crippen molar-refractivity contribution in [2.45, 2.75) is 70.7 Å². The van der Waals surface area contributed by atoms with E-state index >= 15 is 0 Å². The van der Waals surface area contributed by atoms with Crippen molar-refractivity contribution in [2.24, 2.45) is 16.9 Å². The fraction of sp³-hybridized carbons (Fsp3) is 0.933. The van der Waals surface area contributed by atoms with Crippen molar-refractivity contribution in [1.82, 2.24) is 0 Å². The quantitative estimate of drug-likeness (QED) is 0.337. The molecule has 1 fully saturated rings. The molecule has 0 spiro atoms. The average Bonchev–Trinajstić information content (AvgIpc) is 2.37.